The van der Waals surface area contributed by atoms with Gasteiger partial charge in [0.05, 0.1) is 16.8 Å². The third kappa shape index (κ3) is 4.19. The normalized spacial score (nSPS) is 23.7. The highest BCUT2D eigenvalue weighted by molar-refractivity contribution is 7.99. The average Bonchev–Trinajstić information content (AvgIpc) is 3.37. The van der Waals surface area contributed by atoms with Crippen LogP contribution in [-0.4, -0.2) is 71.2 Å². The first-order valence-corrected chi connectivity index (χ1v) is 13.5. The number of hydrogen-bond donors (Lipinski definition) is 0. The molecule has 2 aliphatic rings. The van der Waals surface area contributed by atoms with E-state index in [4.69, 9.17) is 0 Å². The lowest BCUT2D eigenvalue weighted by Gasteiger charge is -2.39. The summed E-state index contributed by atoms with van der Waals surface area (Å²) >= 11 is 1.43. The molecule has 0 N–H and O–H groups in total. The summed E-state index contributed by atoms with van der Waals surface area (Å²) in [6, 6.07) is 8.82. The van der Waals surface area contributed by atoms with Crippen LogP contribution in [0.1, 0.15) is 59.3 Å². The molecule has 2 aromatic heterocycles. The lowest BCUT2D eigenvalue weighted by atomic mass is 9.97. The summed E-state index contributed by atoms with van der Waals surface area (Å²) in [4.78, 5) is 30.3. The van der Waals surface area contributed by atoms with Crippen LogP contribution in [0.25, 0.3) is 16.8 Å². The van der Waals surface area contributed by atoms with Gasteiger partial charge in [-0.05, 0) is 71.4 Å². The van der Waals surface area contributed by atoms with E-state index >= 15 is 0 Å². The minimum absolute atomic E-state index is 0.120. The molecule has 8 nitrogen and oxygen atoms in total. The van der Waals surface area contributed by atoms with Crippen LogP contribution in [-0.2, 0) is 16.1 Å². The molecule has 3 aromatic rings. The van der Waals surface area contributed by atoms with Crippen molar-refractivity contribution in [1.82, 2.24) is 29.0 Å². The van der Waals surface area contributed by atoms with Gasteiger partial charge in [-0.1, -0.05) is 23.9 Å². The van der Waals surface area contributed by atoms with Crippen LogP contribution in [0.2, 0.25) is 0 Å². The molecule has 9 heteroatoms. The zero-order chi connectivity index (χ0) is 23.8. The van der Waals surface area contributed by atoms with E-state index in [9.17, 15) is 9.59 Å². The fraction of sp³-hybridized carbons (Fsp3) is 0.600. The Hall–Kier alpha value is -2.55. The smallest absolute Gasteiger partial charge is 0.243 e. The maximum absolute atomic E-state index is 13.4. The van der Waals surface area contributed by atoms with Crippen LogP contribution < -0.4 is 0 Å². The quantitative estimate of drug-likeness (QED) is 0.515. The Bertz CT molecular complexity index is 1190. The van der Waals surface area contributed by atoms with Gasteiger partial charge >= 0.3 is 0 Å². The molecule has 0 saturated carbocycles. The minimum Gasteiger partial charge on any atom is -0.339 e. The molecule has 2 aliphatic heterocycles. The summed E-state index contributed by atoms with van der Waals surface area (Å²) < 4.78 is 3.96. The molecule has 2 saturated heterocycles. The summed E-state index contributed by atoms with van der Waals surface area (Å²) in [5.74, 6) is 1.26. The molecule has 2 fully saturated rings. The Morgan fingerprint density at radius 3 is 2.35 bits per heavy atom. The number of carbonyl (C=O) groups excluding carboxylic acids is 2. The van der Waals surface area contributed by atoms with E-state index in [1.54, 1.807) is 0 Å². The monoisotopic (exact) mass is 482 g/mol. The van der Waals surface area contributed by atoms with Crippen molar-refractivity contribution in [3.63, 3.8) is 0 Å². The molecule has 0 unspecified atom stereocenters. The molecule has 0 bridgehead atoms. The van der Waals surface area contributed by atoms with Crippen LogP contribution in [0.4, 0.5) is 0 Å². The predicted octanol–water partition coefficient (Wildman–Crippen LogP) is 3.97. The fourth-order valence-corrected chi connectivity index (χ4v) is 6.52. The predicted molar refractivity (Wildman–Crippen MR) is 134 cm³/mol. The van der Waals surface area contributed by atoms with E-state index in [1.807, 2.05) is 43.0 Å². The highest BCUT2D eigenvalue weighted by Crippen LogP contribution is 2.28. The first-order chi connectivity index (χ1) is 16.5. The highest BCUT2D eigenvalue weighted by atomic mass is 32.2. The van der Waals surface area contributed by atoms with Crippen LogP contribution in [0.3, 0.4) is 0 Å². The van der Waals surface area contributed by atoms with Crippen molar-refractivity contribution in [2.75, 3.05) is 12.3 Å². The number of aromatic nitrogens is 4. The second kappa shape index (κ2) is 9.60. The summed E-state index contributed by atoms with van der Waals surface area (Å²) in [6.45, 7) is 7.49. The van der Waals surface area contributed by atoms with Crippen molar-refractivity contribution < 1.29 is 9.59 Å². The fourth-order valence-electron chi connectivity index (χ4n) is 5.69. The maximum atomic E-state index is 13.4. The van der Waals surface area contributed by atoms with Gasteiger partial charge in [0.1, 0.15) is 6.54 Å². The number of likely N-dealkylation sites (tertiary alicyclic amines) is 2. The minimum atomic E-state index is 0.120. The second-order valence-electron chi connectivity index (χ2n) is 9.84. The van der Waals surface area contributed by atoms with E-state index in [0.29, 0.717) is 22.7 Å². The van der Waals surface area contributed by atoms with Gasteiger partial charge in [0, 0.05) is 24.7 Å². The summed E-state index contributed by atoms with van der Waals surface area (Å²) in [7, 11) is 0. The standard InChI is InChI=1S/C25H34N6O2S/c1-17-9-6-7-14-28(17)23(33)16-34-25-27-26-24-29(20-12-4-5-13-21(20)31(24)25)15-22(32)30-18(2)10-8-11-19(30)3/h4-5,12-13,17-19H,6-11,14-16H2,1-3H3/t17-,18-,19+/m1/s1. The number of imidazole rings is 1. The van der Waals surface area contributed by atoms with Gasteiger partial charge in [-0.2, -0.15) is 0 Å². The van der Waals surface area contributed by atoms with Gasteiger partial charge in [-0.15, -0.1) is 10.2 Å². The Morgan fingerprint density at radius 2 is 1.62 bits per heavy atom. The Morgan fingerprint density at radius 1 is 0.912 bits per heavy atom. The number of rotatable bonds is 5. The first-order valence-electron chi connectivity index (χ1n) is 12.5. The van der Waals surface area contributed by atoms with Crippen LogP contribution in [0.5, 0.6) is 0 Å². The number of fused-ring (bicyclic) bond motifs is 3. The zero-order valence-electron chi connectivity index (χ0n) is 20.3. The third-order valence-electron chi connectivity index (χ3n) is 7.49. The van der Waals surface area contributed by atoms with E-state index < -0.39 is 0 Å². The number of benzene rings is 1. The zero-order valence-corrected chi connectivity index (χ0v) is 21.1. The first kappa shape index (κ1) is 23.2. The van der Waals surface area contributed by atoms with E-state index in [1.165, 1.54) is 24.6 Å². The van der Waals surface area contributed by atoms with Gasteiger partial charge < -0.3 is 9.80 Å². The summed E-state index contributed by atoms with van der Waals surface area (Å²) in [5, 5.41) is 9.56. The lowest BCUT2D eigenvalue weighted by Crippen LogP contribution is -2.48. The van der Waals surface area contributed by atoms with Gasteiger partial charge in [0.2, 0.25) is 17.6 Å². The van der Waals surface area contributed by atoms with E-state index in [0.717, 1.165) is 43.3 Å². The van der Waals surface area contributed by atoms with E-state index in [2.05, 4.69) is 31.0 Å². The second-order valence-corrected chi connectivity index (χ2v) is 10.8. The third-order valence-corrected chi connectivity index (χ3v) is 8.41. The summed E-state index contributed by atoms with van der Waals surface area (Å²) in [6.07, 6.45) is 6.60. The lowest BCUT2D eigenvalue weighted by molar-refractivity contribution is -0.137. The van der Waals surface area contributed by atoms with Crippen molar-refractivity contribution in [2.45, 2.75) is 89.1 Å². The largest absolute Gasteiger partial charge is 0.339 e. The molecule has 0 spiro atoms. The molecule has 2 amide bonds. The van der Waals surface area contributed by atoms with E-state index in [-0.39, 0.29) is 30.4 Å². The number of hydrogen-bond acceptors (Lipinski definition) is 5. The van der Waals surface area contributed by atoms with Crippen molar-refractivity contribution in [2.24, 2.45) is 0 Å². The number of thioether (sulfide) groups is 1. The number of amides is 2. The van der Waals surface area contributed by atoms with Gasteiger partial charge in [0.25, 0.3) is 0 Å². The van der Waals surface area contributed by atoms with Crippen LogP contribution in [0.15, 0.2) is 29.4 Å². The van der Waals surface area contributed by atoms with Crippen molar-refractivity contribution in [3.05, 3.63) is 24.3 Å². The molecule has 0 radical (unpaired) electrons. The summed E-state index contributed by atoms with van der Waals surface area (Å²) in [5.41, 5.74) is 1.91. The van der Waals surface area contributed by atoms with Gasteiger partial charge in [-0.25, -0.2) is 0 Å². The molecule has 4 heterocycles. The van der Waals surface area contributed by atoms with Crippen molar-refractivity contribution >= 4 is 40.4 Å². The molecule has 182 valence electrons. The van der Waals surface area contributed by atoms with Crippen LogP contribution in [0, 0.1) is 0 Å². The number of piperidine rings is 2. The van der Waals surface area contributed by atoms with Gasteiger partial charge in [0.15, 0.2) is 5.16 Å². The molecule has 3 atom stereocenters. The molecule has 34 heavy (non-hydrogen) atoms. The number of nitrogens with zero attached hydrogens (tertiary/aromatic N) is 6. The number of para-hydroxylation sites is 2. The Balaban J connectivity index is 1.41. The maximum Gasteiger partial charge on any atom is 0.243 e. The SMILES string of the molecule is C[C@@H]1CCCCN1C(=O)CSc1nnc2n(CC(=O)N3[C@H](C)CCC[C@@H]3C)c3ccccc3n12. The van der Waals surface area contributed by atoms with Crippen molar-refractivity contribution in [3.8, 4) is 0 Å². The highest BCUT2D eigenvalue weighted by Gasteiger charge is 2.30. The molecule has 0 aliphatic carbocycles. The molecular formula is C25H34N6O2S. The number of carbonyl (C=O) groups is 2. The topological polar surface area (TPSA) is 75.7 Å². The van der Waals surface area contributed by atoms with Crippen LogP contribution >= 0.6 is 11.8 Å². The Kier molecular flexibility index (Phi) is 6.55. The van der Waals surface area contributed by atoms with Gasteiger partial charge in [-0.3, -0.25) is 18.6 Å². The Labute approximate surface area is 204 Å². The molecular weight excluding hydrogens is 448 g/mol. The molecule has 5 rings (SSSR count). The molecule has 1 aromatic carbocycles. The van der Waals surface area contributed by atoms with Crippen molar-refractivity contribution in [1.29, 1.82) is 0 Å². The average molecular weight is 483 g/mol.